The molecule has 0 unspecified atom stereocenters. The fraction of sp³-hybridized carbons (Fsp3) is 0.786. The third-order valence-corrected chi connectivity index (χ3v) is 2.26. The standard InChI is InChI=1S/C14H26O4/c1-14(2,3)18-13(16)10-8-6-5-7-9-12(11-15)17-4/h7,9,12,15H,5-6,8,10-11H2,1-4H3/b9-7+/t12-/m0/s1. The van der Waals surface area contributed by atoms with Gasteiger partial charge in [0.15, 0.2) is 0 Å². The second-order valence-electron chi connectivity index (χ2n) is 5.22. The lowest BCUT2D eigenvalue weighted by molar-refractivity contribution is -0.154. The molecule has 4 nitrogen and oxygen atoms in total. The molecule has 0 saturated carbocycles. The van der Waals surface area contributed by atoms with Gasteiger partial charge in [-0.05, 0) is 40.0 Å². The van der Waals surface area contributed by atoms with Crippen molar-refractivity contribution in [3.63, 3.8) is 0 Å². The Kier molecular flexibility index (Phi) is 8.67. The van der Waals surface area contributed by atoms with E-state index < -0.39 is 5.60 Å². The molecule has 0 radical (unpaired) electrons. The zero-order valence-corrected chi connectivity index (χ0v) is 11.9. The number of esters is 1. The van der Waals surface area contributed by atoms with Crippen molar-refractivity contribution in [3.05, 3.63) is 12.2 Å². The van der Waals surface area contributed by atoms with E-state index in [4.69, 9.17) is 14.6 Å². The van der Waals surface area contributed by atoms with Gasteiger partial charge in [0.2, 0.25) is 0 Å². The van der Waals surface area contributed by atoms with Crippen molar-refractivity contribution in [1.29, 1.82) is 0 Å². The summed E-state index contributed by atoms with van der Waals surface area (Å²) in [6.07, 6.45) is 6.66. The van der Waals surface area contributed by atoms with Gasteiger partial charge in [-0.2, -0.15) is 0 Å². The highest BCUT2D eigenvalue weighted by molar-refractivity contribution is 5.69. The maximum Gasteiger partial charge on any atom is 0.306 e. The molecule has 0 spiro atoms. The van der Waals surface area contributed by atoms with Crippen molar-refractivity contribution in [3.8, 4) is 0 Å². The SMILES string of the molecule is CO[C@@H](/C=C/CCCCC(=O)OC(C)(C)C)CO. The Bertz CT molecular complexity index is 249. The van der Waals surface area contributed by atoms with Gasteiger partial charge in [-0.15, -0.1) is 0 Å². The van der Waals surface area contributed by atoms with Gasteiger partial charge in [0.25, 0.3) is 0 Å². The molecule has 0 aliphatic carbocycles. The fourth-order valence-corrected chi connectivity index (χ4v) is 1.39. The summed E-state index contributed by atoms with van der Waals surface area (Å²) in [5.41, 5.74) is -0.399. The fourth-order valence-electron chi connectivity index (χ4n) is 1.39. The van der Waals surface area contributed by atoms with Crippen LogP contribution in [0.2, 0.25) is 0 Å². The molecular formula is C14H26O4. The second-order valence-corrected chi connectivity index (χ2v) is 5.22. The third-order valence-electron chi connectivity index (χ3n) is 2.26. The number of carbonyl (C=O) groups excluding carboxylic acids is 1. The normalized spacial score (nSPS) is 13.8. The summed E-state index contributed by atoms with van der Waals surface area (Å²) in [5, 5.41) is 8.87. The summed E-state index contributed by atoms with van der Waals surface area (Å²) in [6, 6.07) is 0. The summed E-state index contributed by atoms with van der Waals surface area (Å²) in [4.78, 5) is 11.4. The zero-order valence-electron chi connectivity index (χ0n) is 11.9. The quantitative estimate of drug-likeness (QED) is 0.413. The molecule has 0 aliphatic heterocycles. The Morgan fingerprint density at radius 2 is 2.00 bits per heavy atom. The first-order chi connectivity index (χ1) is 8.39. The Hall–Kier alpha value is -0.870. The molecule has 0 saturated heterocycles. The van der Waals surface area contributed by atoms with Gasteiger partial charge in [-0.1, -0.05) is 12.2 Å². The average Bonchev–Trinajstić information content (AvgIpc) is 2.26. The van der Waals surface area contributed by atoms with Crippen LogP contribution in [0.25, 0.3) is 0 Å². The molecule has 0 amide bonds. The van der Waals surface area contributed by atoms with Crippen LogP contribution in [-0.4, -0.2) is 36.5 Å². The average molecular weight is 258 g/mol. The second kappa shape index (κ2) is 9.11. The Labute approximate surface area is 110 Å². The van der Waals surface area contributed by atoms with Crippen molar-refractivity contribution < 1.29 is 19.4 Å². The van der Waals surface area contributed by atoms with E-state index >= 15 is 0 Å². The summed E-state index contributed by atoms with van der Waals surface area (Å²) < 4.78 is 10.2. The van der Waals surface area contributed by atoms with Crippen LogP contribution in [0.4, 0.5) is 0 Å². The van der Waals surface area contributed by atoms with Crippen LogP contribution < -0.4 is 0 Å². The molecule has 0 bridgehead atoms. The molecule has 1 atom stereocenters. The first-order valence-electron chi connectivity index (χ1n) is 6.41. The van der Waals surface area contributed by atoms with Crippen LogP contribution in [0.3, 0.4) is 0 Å². The van der Waals surface area contributed by atoms with E-state index in [1.54, 1.807) is 7.11 Å². The molecule has 0 aromatic heterocycles. The number of carbonyl (C=O) groups is 1. The number of methoxy groups -OCH3 is 1. The number of ether oxygens (including phenoxy) is 2. The van der Waals surface area contributed by atoms with Gasteiger partial charge in [0, 0.05) is 13.5 Å². The maximum atomic E-state index is 11.4. The smallest absolute Gasteiger partial charge is 0.306 e. The van der Waals surface area contributed by atoms with Crippen molar-refractivity contribution in [2.24, 2.45) is 0 Å². The maximum absolute atomic E-state index is 11.4. The molecule has 0 aromatic rings. The molecule has 106 valence electrons. The third kappa shape index (κ3) is 10.3. The first-order valence-corrected chi connectivity index (χ1v) is 6.41. The molecule has 0 fully saturated rings. The number of hydrogen-bond donors (Lipinski definition) is 1. The predicted molar refractivity (Wildman–Crippen MR) is 71.3 cm³/mol. The lowest BCUT2D eigenvalue weighted by Crippen LogP contribution is -2.23. The summed E-state index contributed by atoms with van der Waals surface area (Å²) in [7, 11) is 1.56. The molecule has 0 aromatic carbocycles. The largest absolute Gasteiger partial charge is 0.460 e. The highest BCUT2D eigenvalue weighted by atomic mass is 16.6. The number of aliphatic hydroxyl groups is 1. The van der Waals surface area contributed by atoms with Gasteiger partial charge in [-0.3, -0.25) is 4.79 Å². The summed E-state index contributed by atoms with van der Waals surface area (Å²) in [5.74, 6) is -0.142. The minimum Gasteiger partial charge on any atom is -0.460 e. The lowest BCUT2D eigenvalue weighted by Gasteiger charge is -2.19. The highest BCUT2D eigenvalue weighted by Crippen LogP contribution is 2.10. The van der Waals surface area contributed by atoms with Crippen molar-refractivity contribution in [1.82, 2.24) is 0 Å². The first kappa shape index (κ1) is 17.1. The van der Waals surface area contributed by atoms with E-state index in [1.807, 2.05) is 32.9 Å². The van der Waals surface area contributed by atoms with E-state index in [0.29, 0.717) is 6.42 Å². The van der Waals surface area contributed by atoms with E-state index in [2.05, 4.69) is 0 Å². The van der Waals surface area contributed by atoms with Gasteiger partial charge < -0.3 is 14.6 Å². The van der Waals surface area contributed by atoms with Crippen LogP contribution in [0.1, 0.15) is 46.5 Å². The number of hydrogen-bond acceptors (Lipinski definition) is 4. The number of aliphatic hydroxyl groups excluding tert-OH is 1. The monoisotopic (exact) mass is 258 g/mol. The van der Waals surface area contributed by atoms with Crippen molar-refractivity contribution >= 4 is 5.97 Å². The van der Waals surface area contributed by atoms with Crippen LogP contribution in [0.5, 0.6) is 0 Å². The van der Waals surface area contributed by atoms with E-state index in [9.17, 15) is 4.79 Å². The Morgan fingerprint density at radius 3 is 2.50 bits per heavy atom. The molecular weight excluding hydrogens is 232 g/mol. The highest BCUT2D eigenvalue weighted by Gasteiger charge is 2.15. The summed E-state index contributed by atoms with van der Waals surface area (Å²) in [6.45, 7) is 5.60. The Morgan fingerprint density at radius 1 is 1.33 bits per heavy atom. The molecule has 18 heavy (non-hydrogen) atoms. The van der Waals surface area contributed by atoms with E-state index in [1.165, 1.54) is 0 Å². The van der Waals surface area contributed by atoms with Crippen LogP contribution >= 0.6 is 0 Å². The predicted octanol–water partition coefficient (Wildman–Crippen LogP) is 2.45. The topological polar surface area (TPSA) is 55.8 Å². The molecule has 0 aliphatic rings. The van der Waals surface area contributed by atoms with Gasteiger partial charge in [-0.25, -0.2) is 0 Å². The number of allylic oxidation sites excluding steroid dienone is 1. The minimum absolute atomic E-state index is 0.00902. The van der Waals surface area contributed by atoms with E-state index in [0.717, 1.165) is 19.3 Å². The van der Waals surface area contributed by atoms with Crippen LogP contribution in [0.15, 0.2) is 12.2 Å². The Balaban J connectivity index is 3.59. The zero-order chi connectivity index (χ0) is 14.0. The molecule has 0 heterocycles. The van der Waals surface area contributed by atoms with Crippen LogP contribution in [-0.2, 0) is 14.3 Å². The van der Waals surface area contributed by atoms with Gasteiger partial charge in [0.1, 0.15) is 5.60 Å². The number of rotatable bonds is 8. The lowest BCUT2D eigenvalue weighted by atomic mass is 10.1. The van der Waals surface area contributed by atoms with E-state index in [-0.39, 0.29) is 18.7 Å². The van der Waals surface area contributed by atoms with Crippen LogP contribution in [0, 0.1) is 0 Å². The van der Waals surface area contributed by atoms with Crippen molar-refractivity contribution in [2.75, 3.05) is 13.7 Å². The molecule has 4 heteroatoms. The molecule has 1 N–H and O–H groups in total. The van der Waals surface area contributed by atoms with Crippen molar-refractivity contribution in [2.45, 2.75) is 58.2 Å². The van der Waals surface area contributed by atoms with Gasteiger partial charge >= 0.3 is 5.97 Å². The summed E-state index contributed by atoms with van der Waals surface area (Å²) >= 11 is 0. The minimum atomic E-state index is -0.399. The number of unbranched alkanes of at least 4 members (excludes halogenated alkanes) is 2. The van der Waals surface area contributed by atoms with Gasteiger partial charge in [0.05, 0.1) is 12.7 Å². The molecule has 0 rings (SSSR count).